The van der Waals surface area contributed by atoms with Gasteiger partial charge in [-0.05, 0) is 30.3 Å². The van der Waals surface area contributed by atoms with Crippen LogP contribution in [0.4, 0.5) is 5.69 Å². The van der Waals surface area contributed by atoms with E-state index in [0.717, 1.165) is 4.47 Å². The van der Waals surface area contributed by atoms with Crippen molar-refractivity contribution in [3.63, 3.8) is 0 Å². The molecular weight excluding hydrogens is 426 g/mol. The number of hydrogen-bond acceptors (Lipinski definition) is 5. The van der Waals surface area contributed by atoms with Gasteiger partial charge in [-0.25, -0.2) is 4.98 Å². The van der Waals surface area contributed by atoms with Crippen molar-refractivity contribution < 1.29 is 14.3 Å². The third-order valence-electron chi connectivity index (χ3n) is 3.79. The summed E-state index contributed by atoms with van der Waals surface area (Å²) in [6, 6.07) is 13.6. The molecule has 0 saturated carbocycles. The van der Waals surface area contributed by atoms with Crippen molar-refractivity contribution in [2.24, 2.45) is 0 Å². The predicted octanol–water partition coefficient (Wildman–Crippen LogP) is 3.70. The highest BCUT2D eigenvalue weighted by molar-refractivity contribution is 9.10. The minimum absolute atomic E-state index is 0.190. The van der Waals surface area contributed by atoms with E-state index in [1.807, 2.05) is 24.3 Å². The summed E-state index contributed by atoms with van der Waals surface area (Å²) in [7, 11) is 1.55. The molecule has 2 heterocycles. The standard InChI is InChI=1S/C20H18BrN3O4/c1-27-10-9-24-13-14(5-8-19(24)25)20(26)23-16-6-7-18(22-12-16)28-17-4-2-3-15(21)11-17/h2-8,11-13H,9-10H2,1H3,(H,23,26). The number of aromatic nitrogens is 2. The molecular formula is C20H18BrN3O4. The van der Waals surface area contributed by atoms with Crippen molar-refractivity contribution in [3.8, 4) is 11.6 Å². The number of halogens is 1. The number of methoxy groups -OCH3 is 1. The van der Waals surface area contributed by atoms with E-state index in [0.29, 0.717) is 36.0 Å². The first kappa shape index (κ1) is 19.8. The maximum atomic E-state index is 12.4. The van der Waals surface area contributed by atoms with E-state index in [1.165, 1.54) is 29.1 Å². The Morgan fingerprint density at radius 3 is 2.79 bits per heavy atom. The fourth-order valence-electron chi connectivity index (χ4n) is 2.40. The third-order valence-corrected chi connectivity index (χ3v) is 4.29. The summed E-state index contributed by atoms with van der Waals surface area (Å²) >= 11 is 3.38. The molecule has 0 atom stereocenters. The summed E-state index contributed by atoms with van der Waals surface area (Å²) in [5.74, 6) is 0.717. The molecule has 2 aromatic heterocycles. The number of hydrogen-bond donors (Lipinski definition) is 1. The van der Waals surface area contributed by atoms with Gasteiger partial charge in [0.1, 0.15) is 5.75 Å². The highest BCUT2D eigenvalue weighted by Crippen LogP contribution is 2.23. The Balaban J connectivity index is 1.66. The van der Waals surface area contributed by atoms with Crippen LogP contribution in [0.5, 0.6) is 11.6 Å². The zero-order chi connectivity index (χ0) is 19.9. The van der Waals surface area contributed by atoms with Crippen molar-refractivity contribution >= 4 is 27.5 Å². The number of pyridine rings is 2. The maximum absolute atomic E-state index is 12.4. The van der Waals surface area contributed by atoms with Gasteiger partial charge in [0.2, 0.25) is 5.88 Å². The van der Waals surface area contributed by atoms with Crippen LogP contribution in [0.2, 0.25) is 0 Å². The Bertz CT molecular complexity index is 1020. The zero-order valence-corrected chi connectivity index (χ0v) is 16.7. The van der Waals surface area contributed by atoms with E-state index in [9.17, 15) is 9.59 Å². The molecule has 0 bridgehead atoms. The molecule has 0 aliphatic heterocycles. The number of carbonyl (C=O) groups excluding carboxylic acids is 1. The van der Waals surface area contributed by atoms with Crippen LogP contribution in [0, 0.1) is 0 Å². The van der Waals surface area contributed by atoms with Gasteiger partial charge in [-0.1, -0.05) is 22.0 Å². The van der Waals surface area contributed by atoms with Gasteiger partial charge in [0.25, 0.3) is 11.5 Å². The maximum Gasteiger partial charge on any atom is 0.257 e. The Hall–Kier alpha value is -2.97. The fourth-order valence-corrected chi connectivity index (χ4v) is 2.78. The molecule has 1 N–H and O–H groups in total. The number of rotatable bonds is 7. The molecule has 0 spiro atoms. The predicted molar refractivity (Wildman–Crippen MR) is 109 cm³/mol. The van der Waals surface area contributed by atoms with Gasteiger partial charge in [-0.2, -0.15) is 0 Å². The molecule has 1 amide bonds. The molecule has 3 rings (SSSR count). The van der Waals surface area contributed by atoms with Gasteiger partial charge in [0, 0.05) is 36.5 Å². The van der Waals surface area contributed by atoms with Crippen molar-refractivity contribution in [2.45, 2.75) is 6.54 Å². The SMILES string of the molecule is COCCn1cc(C(=O)Nc2ccc(Oc3cccc(Br)c3)nc2)ccc1=O. The van der Waals surface area contributed by atoms with Gasteiger partial charge in [0.15, 0.2) is 0 Å². The van der Waals surface area contributed by atoms with E-state index < -0.39 is 0 Å². The molecule has 7 nitrogen and oxygen atoms in total. The number of anilines is 1. The molecule has 8 heteroatoms. The molecule has 1 aromatic carbocycles. The van der Waals surface area contributed by atoms with Gasteiger partial charge >= 0.3 is 0 Å². The molecule has 144 valence electrons. The van der Waals surface area contributed by atoms with Crippen LogP contribution in [0.25, 0.3) is 0 Å². The van der Waals surface area contributed by atoms with E-state index >= 15 is 0 Å². The van der Waals surface area contributed by atoms with Gasteiger partial charge in [-0.15, -0.1) is 0 Å². The van der Waals surface area contributed by atoms with Crippen LogP contribution in [0.15, 0.2) is 70.2 Å². The van der Waals surface area contributed by atoms with Crippen LogP contribution < -0.4 is 15.6 Å². The first-order chi connectivity index (χ1) is 13.5. The second-order valence-electron chi connectivity index (χ2n) is 5.84. The molecule has 0 saturated heterocycles. The van der Waals surface area contributed by atoms with Gasteiger partial charge < -0.3 is 19.4 Å². The lowest BCUT2D eigenvalue weighted by Gasteiger charge is -2.09. The van der Waals surface area contributed by atoms with E-state index in [4.69, 9.17) is 9.47 Å². The van der Waals surface area contributed by atoms with Crippen molar-refractivity contribution in [1.29, 1.82) is 0 Å². The van der Waals surface area contributed by atoms with Crippen LogP contribution in [-0.2, 0) is 11.3 Å². The smallest absolute Gasteiger partial charge is 0.257 e. The molecule has 0 unspecified atom stereocenters. The van der Waals surface area contributed by atoms with Crippen molar-refractivity contribution in [3.05, 3.63) is 81.3 Å². The highest BCUT2D eigenvalue weighted by atomic mass is 79.9. The van der Waals surface area contributed by atoms with E-state index in [1.54, 1.807) is 19.2 Å². The van der Waals surface area contributed by atoms with Crippen LogP contribution in [-0.4, -0.2) is 29.2 Å². The average Bonchev–Trinajstić information content (AvgIpc) is 2.69. The number of benzene rings is 1. The number of nitrogens with zero attached hydrogens (tertiary/aromatic N) is 2. The first-order valence-electron chi connectivity index (χ1n) is 8.45. The summed E-state index contributed by atoms with van der Waals surface area (Å²) in [6.45, 7) is 0.758. The van der Waals surface area contributed by atoms with E-state index in [-0.39, 0.29) is 11.5 Å². The topological polar surface area (TPSA) is 82.4 Å². The molecule has 0 aliphatic carbocycles. The van der Waals surface area contributed by atoms with Gasteiger partial charge in [-0.3, -0.25) is 9.59 Å². The van der Waals surface area contributed by atoms with Crippen molar-refractivity contribution in [2.75, 3.05) is 19.0 Å². The average molecular weight is 444 g/mol. The lowest BCUT2D eigenvalue weighted by atomic mass is 10.2. The largest absolute Gasteiger partial charge is 0.439 e. The second-order valence-corrected chi connectivity index (χ2v) is 6.76. The monoisotopic (exact) mass is 443 g/mol. The molecule has 3 aromatic rings. The van der Waals surface area contributed by atoms with Crippen LogP contribution >= 0.6 is 15.9 Å². The highest BCUT2D eigenvalue weighted by Gasteiger charge is 2.09. The Labute approximate surface area is 170 Å². The second kappa shape index (κ2) is 9.29. The Morgan fingerprint density at radius 1 is 1.21 bits per heavy atom. The summed E-state index contributed by atoms with van der Waals surface area (Å²) < 4.78 is 13.0. The minimum atomic E-state index is -0.339. The molecule has 0 aliphatic rings. The normalized spacial score (nSPS) is 10.5. The van der Waals surface area contributed by atoms with Crippen LogP contribution in [0.3, 0.4) is 0 Å². The Kier molecular flexibility index (Phi) is 6.57. The lowest BCUT2D eigenvalue weighted by Crippen LogP contribution is -2.23. The van der Waals surface area contributed by atoms with Gasteiger partial charge in [0.05, 0.1) is 24.1 Å². The summed E-state index contributed by atoms with van der Waals surface area (Å²) in [5, 5.41) is 2.75. The summed E-state index contributed by atoms with van der Waals surface area (Å²) in [4.78, 5) is 28.5. The molecule has 0 radical (unpaired) electrons. The molecule has 0 fully saturated rings. The quantitative estimate of drug-likeness (QED) is 0.601. The van der Waals surface area contributed by atoms with E-state index in [2.05, 4.69) is 26.2 Å². The molecule has 28 heavy (non-hydrogen) atoms. The number of nitrogens with one attached hydrogen (secondary N) is 1. The zero-order valence-electron chi connectivity index (χ0n) is 15.1. The lowest BCUT2D eigenvalue weighted by molar-refractivity contribution is 0.102. The minimum Gasteiger partial charge on any atom is -0.439 e. The summed E-state index contributed by atoms with van der Waals surface area (Å²) in [6.07, 6.45) is 3.01. The summed E-state index contributed by atoms with van der Waals surface area (Å²) in [5.41, 5.74) is 0.690. The fraction of sp³-hybridized carbons (Fsp3) is 0.150. The van der Waals surface area contributed by atoms with Crippen LogP contribution in [0.1, 0.15) is 10.4 Å². The van der Waals surface area contributed by atoms with Crippen molar-refractivity contribution in [1.82, 2.24) is 9.55 Å². The Morgan fingerprint density at radius 2 is 2.07 bits per heavy atom. The number of carbonyl (C=O) groups is 1. The first-order valence-corrected chi connectivity index (χ1v) is 9.25. The number of amides is 1. The number of ether oxygens (including phenoxy) is 2. The third kappa shape index (κ3) is 5.28.